The first kappa shape index (κ1) is 15.0. The topological polar surface area (TPSA) is 102 Å². The van der Waals surface area contributed by atoms with Crippen molar-refractivity contribution in [3.63, 3.8) is 0 Å². The van der Waals surface area contributed by atoms with Gasteiger partial charge in [-0.2, -0.15) is 4.98 Å². The van der Waals surface area contributed by atoms with Gasteiger partial charge in [-0.25, -0.2) is 8.42 Å². The largest absolute Gasteiger partial charge is 0.347 e. The van der Waals surface area contributed by atoms with Crippen LogP contribution in [0.4, 0.5) is 0 Å². The number of sulfone groups is 1. The van der Waals surface area contributed by atoms with Crippen molar-refractivity contribution in [3.05, 3.63) is 11.7 Å². The van der Waals surface area contributed by atoms with Crippen molar-refractivity contribution in [2.24, 2.45) is 11.8 Å². The van der Waals surface area contributed by atoms with Gasteiger partial charge in [0.2, 0.25) is 11.8 Å². The molecule has 0 bridgehead atoms. The quantitative estimate of drug-likeness (QED) is 0.840. The third kappa shape index (κ3) is 4.03. The first-order valence-corrected chi connectivity index (χ1v) is 8.47. The van der Waals surface area contributed by atoms with E-state index in [2.05, 4.69) is 29.3 Å². The molecule has 2 rings (SSSR count). The van der Waals surface area contributed by atoms with Crippen LogP contribution >= 0.6 is 0 Å². The average Bonchev–Trinajstić information content (AvgIpc) is 2.92. The molecule has 0 aromatic carbocycles. The van der Waals surface area contributed by atoms with Crippen LogP contribution in [0.2, 0.25) is 0 Å². The molecule has 1 atom stereocenters. The van der Waals surface area contributed by atoms with Gasteiger partial charge in [0.25, 0.3) is 0 Å². The molecular weight excluding hydrogens is 282 g/mol. The summed E-state index contributed by atoms with van der Waals surface area (Å²) in [6.07, 6.45) is 1.11. The highest BCUT2D eigenvalue weighted by molar-refractivity contribution is 7.91. The van der Waals surface area contributed by atoms with Crippen LogP contribution in [0.15, 0.2) is 4.52 Å². The molecule has 0 saturated carbocycles. The predicted molar refractivity (Wildman–Crippen MR) is 71.4 cm³/mol. The SMILES string of the molecule is CC(C)Cc1noc(CNC(=O)[C@@H]2CCS(=O)(=O)C2)n1. The molecule has 2 heterocycles. The molecule has 1 aliphatic rings. The Morgan fingerprint density at radius 2 is 2.25 bits per heavy atom. The van der Waals surface area contributed by atoms with E-state index in [0.29, 0.717) is 24.1 Å². The molecule has 7 nitrogen and oxygen atoms in total. The van der Waals surface area contributed by atoms with Crippen molar-refractivity contribution in [2.45, 2.75) is 33.2 Å². The first-order chi connectivity index (χ1) is 9.35. The molecular formula is C12H19N3O4S. The van der Waals surface area contributed by atoms with Crippen molar-refractivity contribution in [3.8, 4) is 0 Å². The van der Waals surface area contributed by atoms with E-state index in [-0.39, 0.29) is 24.0 Å². The fourth-order valence-corrected chi connectivity index (χ4v) is 3.86. The number of carbonyl (C=O) groups is 1. The Hall–Kier alpha value is -1.44. The lowest BCUT2D eigenvalue weighted by molar-refractivity contribution is -0.124. The molecule has 1 amide bonds. The fraction of sp³-hybridized carbons (Fsp3) is 0.750. The zero-order chi connectivity index (χ0) is 14.8. The summed E-state index contributed by atoms with van der Waals surface area (Å²) in [6.45, 7) is 4.25. The zero-order valence-electron chi connectivity index (χ0n) is 11.6. The smallest absolute Gasteiger partial charge is 0.246 e. The maximum atomic E-state index is 11.8. The summed E-state index contributed by atoms with van der Waals surface area (Å²) in [4.78, 5) is 16.0. The van der Waals surface area contributed by atoms with Crippen molar-refractivity contribution in [1.29, 1.82) is 0 Å². The standard InChI is InChI=1S/C12H19N3O4S/c1-8(2)5-10-14-11(19-15-10)6-13-12(16)9-3-4-20(17,18)7-9/h8-9H,3-7H2,1-2H3,(H,13,16)/t9-/m1/s1. The fourth-order valence-electron chi connectivity index (χ4n) is 2.12. The van der Waals surface area contributed by atoms with Crippen LogP contribution < -0.4 is 5.32 Å². The number of rotatable bonds is 5. The number of amides is 1. The van der Waals surface area contributed by atoms with E-state index in [1.165, 1.54) is 0 Å². The Balaban J connectivity index is 1.83. The lowest BCUT2D eigenvalue weighted by atomic mass is 10.1. The number of hydrogen-bond acceptors (Lipinski definition) is 6. The Labute approximate surface area is 118 Å². The van der Waals surface area contributed by atoms with Crippen LogP contribution in [0.1, 0.15) is 32.0 Å². The second kappa shape index (κ2) is 5.90. The number of hydrogen-bond donors (Lipinski definition) is 1. The van der Waals surface area contributed by atoms with E-state index in [4.69, 9.17) is 4.52 Å². The minimum Gasteiger partial charge on any atom is -0.347 e. The molecule has 0 spiro atoms. The van der Waals surface area contributed by atoms with Gasteiger partial charge in [0, 0.05) is 6.42 Å². The summed E-state index contributed by atoms with van der Waals surface area (Å²) < 4.78 is 27.6. The third-order valence-electron chi connectivity index (χ3n) is 3.12. The third-order valence-corrected chi connectivity index (χ3v) is 4.89. The van der Waals surface area contributed by atoms with E-state index in [1.54, 1.807) is 0 Å². The number of aromatic nitrogens is 2. The molecule has 1 N–H and O–H groups in total. The van der Waals surface area contributed by atoms with E-state index >= 15 is 0 Å². The van der Waals surface area contributed by atoms with Crippen molar-refractivity contribution in [2.75, 3.05) is 11.5 Å². The van der Waals surface area contributed by atoms with Gasteiger partial charge < -0.3 is 9.84 Å². The van der Waals surface area contributed by atoms with Crippen LogP contribution in [0.25, 0.3) is 0 Å². The van der Waals surface area contributed by atoms with E-state index in [0.717, 1.165) is 6.42 Å². The summed E-state index contributed by atoms with van der Waals surface area (Å²) in [5.41, 5.74) is 0. The van der Waals surface area contributed by atoms with E-state index in [1.807, 2.05) is 0 Å². The maximum absolute atomic E-state index is 11.8. The molecule has 112 valence electrons. The molecule has 0 unspecified atom stereocenters. The van der Waals surface area contributed by atoms with Gasteiger partial charge in [0.05, 0.1) is 24.0 Å². The lowest BCUT2D eigenvalue weighted by Crippen LogP contribution is -2.31. The Bertz CT molecular complexity index is 579. The summed E-state index contributed by atoms with van der Waals surface area (Å²) in [7, 11) is -3.05. The molecule has 0 radical (unpaired) electrons. The molecule has 20 heavy (non-hydrogen) atoms. The monoisotopic (exact) mass is 301 g/mol. The predicted octanol–water partition coefficient (Wildman–Crippen LogP) is 0.319. The summed E-state index contributed by atoms with van der Waals surface area (Å²) in [5, 5.41) is 6.47. The van der Waals surface area contributed by atoms with Gasteiger partial charge in [-0.1, -0.05) is 19.0 Å². The molecule has 1 saturated heterocycles. The number of nitrogens with zero attached hydrogens (tertiary/aromatic N) is 2. The highest BCUT2D eigenvalue weighted by atomic mass is 32.2. The average molecular weight is 301 g/mol. The lowest BCUT2D eigenvalue weighted by Gasteiger charge is -2.06. The van der Waals surface area contributed by atoms with E-state index < -0.39 is 15.8 Å². The van der Waals surface area contributed by atoms with Crippen LogP contribution in [-0.2, 0) is 27.6 Å². The summed E-state index contributed by atoms with van der Waals surface area (Å²) >= 11 is 0. The highest BCUT2D eigenvalue weighted by Crippen LogP contribution is 2.18. The second-order valence-electron chi connectivity index (χ2n) is 5.52. The van der Waals surface area contributed by atoms with Gasteiger partial charge in [0.15, 0.2) is 15.7 Å². The highest BCUT2D eigenvalue weighted by Gasteiger charge is 2.32. The Kier molecular flexibility index (Phi) is 4.42. The normalized spacial score (nSPS) is 21.2. The van der Waals surface area contributed by atoms with Crippen molar-refractivity contribution >= 4 is 15.7 Å². The molecule has 1 fully saturated rings. The molecule has 1 aliphatic heterocycles. The van der Waals surface area contributed by atoms with Gasteiger partial charge in [-0.15, -0.1) is 0 Å². The minimum atomic E-state index is -3.05. The van der Waals surface area contributed by atoms with Crippen LogP contribution in [0, 0.1) is 11.8 Å². The number of nitrogens with one attached hydrogen (secondary N) is 1. The zero-order valence-corrected chi connectivity index (χ0v) is 12.4. The van der Waals surface area contributed by atoms with Crippen molar-refractivity contribution in [1.82, 2.24) is 15.5 Å². The summed E-state index contributed by atoms with van der Waals surface area (Å²) in [6, 6.07) is 0. The maximum Gasteiger partial charge on any atom is 0.246 e. The van der Waals surface area contributed by atoms with Gasteiger partial charge in [-0.05, 0) is 12.3 Å². The molecule has 0 aliphatic carbocycles. The van der Waals surface area contributed by atoms with Crippen molar-refractivity contribution < 1.29 is 17.7 Å². The minimum absolute atomic E-state index is 0.0682. The molecule has 1 aromatic heterocycles. The molecule has 1 aromatic rings. The second-order valence-corrected chi connectivity index (χ2v) is 7.75. The summed E-state index contributed by atoms with van der Waals surface area (Å²) in [5.74, 6) is 0.680. The molecule has 8 heteroatoms. The van der Waals surface area contributed by atoms with Gasteiger partial charge in [-0.3, -0.25) is 4.79 Å². The first-order valence-electron chi connectivity index (χ1n) is 6.65. The number of carbonyl (C=O) groups excluding carboxylic acids is 1. The Morgan fingerprint density at radius 3 is 2.85 bits per heavy atom. The van der Waals surface area contributed by atoms with Crippen LogP contribution in [0.3, 0.4) is 0 Å². The van der Waals surface area contributed by atoms with Gasteiger partial charge in [0.1, 0.15) is 0 Å². The van der Waals surface area contributed by atoms with E-state index in [9.17, 15) is 13.2 Å². The van der Waals surface area contributed by atoms with Crippen LogP contribution in [-0.4, -0.2) is 36.0 Å². The van der Waals surface area contributed by atoms with Gasteiger partial charge >= 0.3 is 0 Å². The van der Waals surface area contributed by atoms with Crippen LogP contribution in [0.5, 0.6) is 0 Å². The Morgan fingerprint density at radius 1 is 1.50 bits per heavy atom.